The van der Waals surface area contributed by atoms with Crippen LogP contribution in [0.25, 0.3) is 11.1 Å². The number of hydrogen-bond donors (Lipinski definition) is 2. The number of hydrogen-bond acceptors (Lipinski definition) is 2. The van der Waals surface area contributed by atoms with Crippen LogP contribution in [0.3, 0.4) is 0 Å². The van der Waals surface area contributed by atoms with Crippen molar-refractivity contribution in [3.63, 3.8) is 0 Å². The monoisotopic (exact) mass is 254 g/mol. The van der Waals surface area contributed by atoms with E-state index in [-0.39, 0.29) is 19.1 Å². The molecule has 2 N–H and O–H groups in total. The van der Waals surface area contributed by atoms with E-state index in [1.165, 1.54) is 27.8 Å². The van der Waals surface area contributed by atoms with E-state index in [0.717, 1.165) is 6.42 Å². The minimum atomic E-state index is 0.0364. The normalized spacial score (nSPS) is 14.0. The summed E-state index contributed by atoms with van der Waals surface area (Å²) in [5, 5.41) is 18.7. The lowest BCUT2D eigenvalue weighted by Crippen LogP contribution is -2.09. The van der Waals surface area contributed by atoms with Gasteiger partial charge in [0.25, 0.3) is 0 Å². The van der Waals surface area contributed by atoms with E-state index in [1.807, 2.05) is 0 Å². The maximum Gasteiger partial charge on any atom is 0.0500 e. The molecule has 1 aliphatic carbocycles. The molecule has 0 fully saturated rings. The first-order valence-electron chi connectivity index (χ1n) is 6.77. The van der Waals surface area contributed by atoms with Crippen LogP contribution < -0.4 is 0 Å². The predicted octanol–water partition coefficient (Wildman–Crippen LogP) is 2.72. The zero-order chi connectivity index (χ0) is 13.2. The van der Waals surface area contributed by atoms with Crippen LogP contribution in [-0.2, 0) is 6.42 Å². The first-order chi connectivity index (χ1) is 9.35. The molecule has 0 aromatic heterocycles. The van der Waals surface area contributed by atoms with Gasteiger partial charge >= 0.3 is 0 Å². The van der Waals surface area contributed by atoms with Gasteiger partial charge in [-0.3, -0.25) is 0 Å². The van der Waals surface area contributed by atoms with E-state index < -0.39 is 0 Å². The molecule has 0 spiro atoms. The minimum Gasteiger partial charge on any atom is -0.396 e. The second-order valence-electron chi connectivity index (χ2n) is 5.10. The number of benzene rings is 2. The highest BCUT2D eigenvalue weighted by Crippen LogP contribution is 2.40. The highest BCUT2D eigenvalue weighted by molar-refractivity contribution is 5.78. The maximum absolute atomic E-state index is 9.55. The number of aliphatic hydroxyl groups is 2. The van der Waals surface area contributed by atoms with Crippen molar-refractivity contribution in [1.29, 1.82) is 0 Å². The van der Waals surface area contributed by atoms with Gasteiger partial charge in [-0.25, -0.2) is 0 Å². The molecule has 0 saturated heterocycles. The number of rotatable bonds is 4. The van der Waals surface area contributed by atoms with Gasteiger partial charge < -0.3 is 10.2 Å². The summed E-state index contributed by atoms with van der Waals surface area (Å²) < 4.78 is 0. The zero-order valence-electron chi connectivity index (χ0n) is 10.8. The van der Waals surface area contributed by atoms with E-state index in [1.54, 1.807) is 0 Å². The molecule has 2 aromatic carbocycles. The summed E-state index contributed by atoms with van der Waals surface area (Å²) in [6.45, 7) is 0.204. The standard InChI is InChI=1S/C17H18O2/c18-9-8-13(11-19)15-6-3-7-16-14-5-2-1-4-12(14)10-17(15)16/h1-7,13,18-19H,8-11H2. The summed E-state index contributed by atoms with van der Waals surface area (Å²) in [6.07, 6.45) is 1.55. The van der Waals surface area contributed by atoms with Gasteiger partial charge in [-0.1, -0.05) is 42.5 Å². The summed E-state index contributed by atoms with van der Waals surface area (Å²) in [7, 11) is 0. The SMILES string of the molecule is OCCC(CO)c1cccc2c1Cc1ccccc1-2. The average Bonchev–Trinajstić information content (AvgIpc) is 2.83. The van der Waals surface area contributed by atoms with Crippen molar-refractivity contribution < 1.29 is 10.2 Å². The molecule has 0 saturated carbocycles. The molecule has 0 bridgehead atoms. The highest BCUT2D eigenvalue weighted by Gasteiger charge is 2.23. The molecule has 98 valence electrons. The second kappa shape index (κ2) is 5.16. The van der Waals surface area contributed by atoms with Crippen LogP contribution in [-0.4, -0.2) is 23.4 Å². The summed E-state index contributed by atoms with van der Waals surface area (Å²) in [5.41, 5.74) is 6.44. The molecule has 3 rings (SSSR count). The quantitative estimate of drug-likeness (QED) is 0.751. The van der Waals surface area contributed by atoms with E-state index in [2.05, 4.69) is 42.5 Å². The molecule has 0 radical (unpaired) electrons. The summed E-state index contributed by atoms with van der Waals surface area (Å²) in [4.78, 5) is 0. The zero-order valence-corrected chi connectivity index (χ0v) is 10.8. The highest BCUT2D eigenvalue weighted by atomic mass is 16.3. The number of aliphatic hydroxyl groups excluding tert-OH is 2. The number of fused-ring (bicyclic) bond motifs is 3. The fourth-order valence-corrected chi connectivity index (χ4v) is 3.07. The Labute approximate surface area is 113 Å². The van der Waals surface area contributed by atoms with Crippen molar-refractivity contribution in [2.75, 3.05) is 13.2 Å². The Balaban J connectivity index is 2.07. The van der Waals surface area contributed by atoms with Crippen molar-refractivity contribution in [1.82, 2.24) is 0 Å². The van der Waals surface area contributed by atoms with E-state index in [4.69, 9.17) is 5.11 Å². The van der Waals surface area contributed by atoms with Crippen LogP contribution in [0.5, 0.6) is 0 Å². The minimum absolute atomic E-state index is 0.0364. The molecular formula is C17H18O2. The lowest BCUT2D eigenvalue weighted by molar-refractivity contribution is 0.219. The molecule has 1 unspecified atom stereocenters. The van der Waals surface area contributed by atoms with Gasteiger partial charge in [-0.2, -0.15) is 0 Å². The van der Waals surface area contributed by atoms with Crippen molar-refractivity contribution in [3.05, 3.63) is 59.2 Å². The summed E-state index contributed by atoms with van der Waals surface area (Å²) in [5.74, 6) is 0.0364. The molecular weight excluding hydrogens is 236 g/mol. The van der Waals surface area contributed by atoms with Crippen LogP contribution in [0.1, 0.15) is 29.0 Å². The maximum atomic E-state index is 9.55. The Kier molecular flexibility index (Phi) is 3.36. The second-order valence-corrected chi connectivity index (χ2v) is 5.10. The van der Waals surface area contributed by atoms with Crippen LogP contribution in [0.15, 0.2) is 42.5 Å². The Hall–Kier alpha value is -1.64. The third-order valence-electron chi connectivity index (χ3n) is 4.02. The Bertz CT molecular complexity index is 590. The lowest BCUT2D eigenvalue weighted by atomic mass is 9.90. The van der Waals surface area contributed by atoms with Gasteiger partial charge in [-0.05, 0) is 40.7 Å². The molecule has 2 nitrogen and oxygen atoms in total. The van der Waals surface area contributed by atoms with Gasteiger partial charge in [-0.15, -0.1) is 0 Å². The van der Waals surface area contributed by atoms with Gasteiger partial charge in [0.05, 0.1) is 6.61 Å². The third kappa shape index (κ3) is 2.07. The first kappa shape index (κ1) is 12.4. The Morgan fingerprint density at radius 3 is 2.53 bits per heavy atom. The summed E-state index contributed by atoms with van der Waals surface area (Å²) >= 11 is 0. The van der Waals surface area contributed by atoms with Crippen molar-refractivity contribution in [2.45, 2.75) is 18.8 Å². The van der Waals surface area contributed by atoms with Gasteiger partial charge in [0.15, 0.2) is 0 Å². The van der Waals surface area contributed by atoms with Crippen molar-refractivity contribution in [2.24, 2.45) is 0 Å². The van der Waals surface area contributed by atoms with Crippen LogP contribution >= 0.6 is 0 Å². The van der Waals surface area contributed by atoms with Gasteiger partial charge in [0, 0.05) is 12.5 Å². The molecule has 19 heavy (non-hydrogen) atoms. The first-order valence-corrected chi connectivity index (χ1v) is 6.77. The van der Waals surface area contributed by atoms with Crippen molar-refractivity contribution in [3.8, 4) is 11.1 Å². The fourth-order valence-electron chi connectivity index (χ4n) is 3.07. The van der Waals surface area contributed by atoms with E-state index in [9.17, 15) is 5.11 Å². The summed E-state index contributed by atoms with van der Waals surface area (Å²) in [6, 6.07) is 14.7. The molecule has 2 heteroatoms. The van der Waals surface area contributed by atoms with Crippen molar-refractivity contribution >= 4 is 0 Å². The van der Waals surface area contributed by atoms with Crippen LogP contribution in [0, 0.1) is 0 Å². The molecule has 1 aliphatic rings. The molecule has 1 atom stereocenters. The third-order valence-corrected chi connectivity index (χ3v) is 4.02. The van der Waals surface area contributed by atoms with Gasteiger partial charge in [0.1, 0.15) is 0 Å². The average molecular weight is 254 g/mol. The predicted molar refractivity (Wildman–Crippen MR) is 76.2 cm³/mol. The van der Waals surface area contributed by atoms with E-state index >= 15 is 0 Å². The molecule has 2 aromatic rings. The van der Waals surface area contributed by atoms with Crippen LogP contribution in [0.4, 0.5) is 0 Å². The molecule has 0 amide bonds. The topological polar surface area (TPSA) is 40.5 Å². The van der Waals surface area contributed by atoms with E-state index in [0.29, 0.717) is 6.42 Å². The van der Waals surface area contributed by atoms with Gasteiger partial charge in [0.2, 0.25) is 0 Å². The largest absolute Gasteiger partial charge is 0.396 e. The Morgan fingerprint density at radius 2 is 1.74 bits per heavy atom. The fraction of sp³-hybridized carbons (Fsp3) is 0.294. The molecule has 0 aliphatic heterocycles. The lowest BCUT2D eigenvalue weighted by Gasteiger charge is -2.17. The van der Waals surface area contributed by atoms with Crippen LogP contribution in [0.2, 0.25) is 0 Å². The molecule has 0 heterocycles. The Morgan fingerprint density at radius 1 is 0.947 bits per heavy atom. The smallest absolute Gasteiger partial charge is 0.0500 e.